The summed E-state index contributed by atoms with van der Waals surface area (Å²) in [6.45, 7) is 5.84. The van der Waals surface area contributed by atoms with Gasteiger partial charge in [-0.15, -0.1) is 0 Å². The van der Waals surface area contributed by atoms with Crippen LogP contribution in [0.1, 0.15) is 17.3 Å². The number of nitrogens with one attached hydrogen (secondary N) is 2. The van der Waals surface area contributed by atoms with E-state index in [9.17, 15) is 9.59 Å². The maximum atomic E-state index is 12.1. The van der Waals surface area contributed by atoms with Crippen molar-refractivity contribution in [3.63, 3.8) is 0 Å². The first-order valence-corrected chi connectivity index (χ1v) is 8.16. The highest BCUT2D eigenvalue weighted by atomic mass is 16.5. The van der Waals surface area contributed by atoms with E-state index >= 15 is 0 Å². The monoisotopic (exact) mass is 342 g/mol. The van der Waals surface area contributed by atoms with Crippen LogP contribution in [0.2, 0.25) is 0 Å². The average molecular weight is 342 g/mol. The van der Waals surface area contributed by atoms with Crippen LogP contribution in [0.25, 0.3) is 0 Å². The van der Waals surface area contributed by atoms with Gasteiger partial charge in [0, 0.05) is 43.6 Å². The minimum absolute atomic E-state index is 0.00220. The third-order valence-electron chi connectivity index (χ3n) is 3.86. The SMILES string of the molecule is CC(=O)c1ccc(N/C=C(/C#N)C(=O)NCCN2CCOCC2)cc1. The molecule has 1 heterocycles. The summed E-state index contributed by atoms with van der Waals surface area (Å²) in [5.74, 6) is -0.428. The van der Waals surface area contributed by atoms with E-state index in [1.807, 2.05) is 6.07 Å². The van der Waals surface area contributed by atoms with Gasteiger partial charge in [-0.2, -0.15) is 5.26 Å². The summed E-state index contributed by atoms with van der Waals surface area (Å²) in [6, 6.07) is 8.71. The number of rotatable bonds is 7. The van der Waals surface area contributed by atoms with Crippen molar-refractivity contribution in [3.05, 3.63) is 41.6 Å². The normalized spacial score (nSPS) is 15.3. The van der Waals surface area contributed by atoms with E-state index in [1.54, 1.807) is 24.3 Å². The quantitative estimate of drug-likeness (QED) is 0.439. The average Bonchev–Trinajstić information content (AvgIpc) is 2.63. The molecule has 7 heteroatoms. The summed E-state index contributed by atoms with van der Waals surface area (Å²) in [5, 5.41) is 14.8. The number of amides is 1. The van der Waals surface area contributed by atoms with Gasteiger partial charge in [-0.3, -0.25) is 14.5 Å². The standard InChI is InChI=1S/C18H22N4O3/c1-14(23)15-2-4-17(5-3-15)21-13-16(12-19)18(24)20-6-7-22-8-10-25-11-9-22/h2-5,13,21H,6-11H2,1H3,(H,20,24)/b16-13-. The highest BCUT2D eigenvalue weighted by Crippen LogP contribution is 2.10. The fraction of sp³-hybridized carbons (Fsp3) is 0.389. The first-order valence-electron chi connectivity index (χ1n) is 8.16. The molecule has 1 fully saturated rings. The van der Waals surface area contributed by atoms with Crippen LogP contribution >= 0.6 is 0 Å². The molecular weight excluding hydrogens is 320 g/mol. The van der Waals surface area contributed by atoms with E-state index in [0.29, 0.717) is 31.0 Å². The van der Waals surface area contributed by atoms with Crippen molar-refractivity contribution >= 4 is 17.4 Å². The highest BCUT2D eigenvalue weighted by molar-refractivity contribution is 5.97. The van der Waals surface area contributed by atoms with Gasteiger partial charge in [-0.25, -0.2) is 0 Å². The first kappa shape index (κ1) is 18.6. The Balaban J connectivity index is 1.82. The Morgan fingerprint density at radius 2 is 1.96 bits per heavy atom. The zero-order valence-corrected chi connectivity index (χ0v) is 14.2. The molecule has 0 bridgehead atoms. The lowest BCUT2D eigenvalue weighted by molar-refractivity contribution is -0.117. The van der Waals surface area contributed by atoms with E-state index in [2.05, 4.69) is 15.5 Å². The van der Waals surface area contributed by atoms with E-state index in [0.717, 1.165) is 19.6 Å². The molecule has 0 aliphatic carbocycles. The third kappa shape index (κ3) is 6.03. The number of anilines is 1. The minimum Gasteiger partial charge on any atom is -0.379 e. The number of carbonyl (C=O) groups excluding carboxylic acids is 2. The molecule has 25 heavy (non-hydrogen) atoms. The van der Waals surface area contributed by atoms with Gasteiger partial charge < -0.3 is 15.4 Å². The van der Waals surface area contributed by atoms with Gasteiger partial charge in [-0.1, -0.05) is 0 Å². The molecular formula is C18H22N4O3. The fourth-order valence-electron chi connectivity index (χ4n) is 2.35. The number of ketones is 1. The molecule has 1 amide bonds. The molecule has 2 rings (SSSR count). The summed E-state index contributed by atoms with van der Waals surface area (Å²) in [6.07, 6.45) is 1.37. The van der Waals surface area contributed by atoms with Crippen molar-refractivity contribution in [3.8, 4) is 6.07 Å². The van der Waals surface area contributed by atoms with Gasteiger partial charge in [0.2, 0.25) is 0 Å². The van der Waals surface area contributed by atoms with Gasteiger partial charge >= 0.3 is 0 Å². The number of carbonyl (C=O) groups is 2. The number of Topliss-reactive ketones (excluding diaryl/α,β-unsaturated/α-hetero) is 1. The fourth-order valence-corrected chi connectivity index (χ4v) is 2.35. The number of nitrogens with zero attached hydrogens (tertiary/aromatic N) is 2. The molecule has 1 aromatic rings. The predicted molar refractivity (Wildman–Crippen MR) is 94.0 cm³/mol. The Labute approximate surface area is 147 Å². The Kier molecular flexibility index (Phi) is 7.14. The van der Waals surface area contributed by atoms with Gasteiger partial charge in [-0.05, 0) is 31.2 Å². The third-order valence-corrected chi connectivity index (χ3v) is 3.86. The summed E-state index contributed by atoms with van der Waals surface area (Å²) >= 11 is 0. The van der Waals surface area contributed by atoms with E-state index in [1.165, 1.54) is 13.1 Å². The van der Waals surface area contributed by atoms with Gasteiger partial charge in [0.1, 0.15) is 11.6 Å². The van der Waals surface area contributed by atoms with Gasteiger partial charge in [0.05, 0.1) is 13.2 Å². The lowest BCUT2D eigenvalue weighted by Crippen LogP contribution is -2.41. The molecule has 1 aliphatic rings. The van der Waals surface area contributed by atoms with Crippen molar-refractivity contribution in [2.75, 3.05) is 44.7 Å². The molecule has 1 saturated heterocycles. The van der Waals surface area contributed by atoms with E-state index in [4.69, 9.17) is 10.00 Å². The Morgan fingerprint density at radius 3 is 2.56 bits per heavy atom. The molecule has 132 valence electrons. The van der Waals surface area contributed by atoms with Crippen LogP contribution in [0.5, 0.6) is 0 Å². The smallest absolute Gasteiger partial charge is 0.263 e. The Bertz CT molecular complexity index is 671. The number of morpholine rings is 1. The summed E-state index contributed by atoms with van der Waals surface area (Å²) in [4.78, 5) is 25.5. The molecule has 0 unspecified atom stereocenters. The highest BCUT2D eigenvalue weighted by Gasteiger charge is 2.12. The summed E-state index contributed by atoms with van der Waals surface area (Å²) in [5.41, 5.74) is 1.30. The lowest BCUT2D eigenvalue weighted by Gasteiger charge is -2.26. The molecule has 0 radical (unpaired) electrons. The summed E-state index contributed by atoms with van der Waals surface area (Å²) < 4.78 is 5.27. The van der Waals surface area contributed by atoms with Gasteiger partial charge in [0.15, 0.2) is 5.78 Å². The van der Waals surface area contributed by atoms with Crippen molar-refractivity contribution in [1.82, 2.24) is 10.2 Å². The second-order valence-electron chi connectivity index (χ2n) is 5.66. The van der Waals surface area contributed by atoms with Gasteiger partial charge in [0.25, 0.3) is 5.91 Å². The van der Waals surface area contributed by atoms with Crippen LogP contribution in [-0.4, -0.2) is 56.0 Å². The van der Waals surface area contributed by atoms with Crippen LogP contribution in [-0.2, 0) is 9.53 Å². The van der Waals surface area contributed by atoms with E-state index < -0.39 is 5.91 Å². The number of ether oxygens (including phenoxy) is 1. The van der Waals surface area contributed by atoms with Crippen molar-refractivity contribution in [1.29, 1.82) is 5.26 Å². The minimum atomic E-state index is -0.413. The molecule has 7 nitrogen and oxygen atoms in total. The molecule has 0 saturated carbocycles. The maximum absolute atomic E-state index is 12.1. The molecule has 1 aliphatic heterocycles. The molecule has 2 N–H and O–H groups in total. The second-order valence-corrected chi connectivity index (χ2v) is 5.66. The molecule has 0 aromatic heterocycles. The lowest BCUT2D eigenvalue weighted by atomic mass is 10.1. The number of nitriles is 1. The Hall–Kier alpha value is -2.69. The zero-order valence-electron chi connectivity index (χ0n) is 14.2. The second kappa shape index (κ2) is 9.57. The van der Waals surface area contributed by atoms with Crippen LogP contribution in [0.4, 0.5) is 5.69 Å². The largest absolute Gasteiger partial charge is 0.379 e. The summed E-state index contributed by atoms with van der Waals surface area (Å²) in [7, 11) is 0. The van der Waals surface area contributed by atoms with Crippen LogP contribution in [0.15, 0.2) is 36.0 Å². The molecule has 1 aromatic carbocycles. The molecule has 0 atom stereocenters. The Morgan fingerprint density at radius 1 is 1.28 bits per heavy atom. The topological polar surface area (TPSA) is 94.5 Å². The maximum Gasteiger partial charge on any atom is 0.263 e. The zero-order chi connectivity index (χ0) is 18.1. The number of hydrogen-bond acceptors (Lipinski definition) is 6. The van der Waals surface area contributed by atoms with Crippen molar-refractivity contribution < 1.29 is 14.3 Å². The number of hydrogen-bond donors (Lipinski definition) is 2. The van der Waals surface area contributed by atoms with Crippen molar-refractivity contribution in [2.24, 2.45) is 0 Å². The predicted octanol–water partition coefficient (Wildman–Crippen LogP) is 1.16. The number of benzene rings is 1. The van der Waals surface area contributed by atoms with Crippen LogP contribution in [0.3, 0.4) is 0 Å². The first-order chi connectivity index (χ1) is 12.1. The van der Waals surface area contributed by atoms with Crippen LogP contribution < -0.4 is 10.6 Å². The molecule has 0 spiro atoms. The van der Waals surface area contributed by atoms with Crippen molar-refractivity contribution in [2.45, 2.75) is 6.92 Å². The van der Waals surface area contributed by atoms with E-state index in [-0.39, 0.29) is 11.4 Å². The van der Waals surface area contributed by atoms with Crippen LogP contribution in [0, 0.1) is 11.3 Å².